The Hall–Kier alpha value is -2.04. The second-order valence-corrected chi connectivity index (χ2v) is 7.51. The molecule has 1 heterocycles. The summed E-state index contributed by atoms with van der Waals surface area (Å²) in [6.45, 7) is 4.69. The SMILES string of the molecule is CCCNC(=O)c1cc(NC(=O)C2CCCC2)ccc1N1CCCCC1. The number of anilines is 2. The predicted molar refractivity (Wildman–Crippen MR) is 106 cm³/mol. The van der Waals surface area contributed by atoms with Gasteiger partial charge >= 0.3 is 0 Å². The Morgan fingerprint density at radius 2 is 1.81 bits per heavy atom. The van der Waals surface area contributed by atoms with Gasteiger partial charge in [-0.1, -0.05) is 19.8 Å². The minimum Gasteiger partial charge on any atom is -0.371 e. The lowest BCUT2D eigenvalue weighted by Gasteiger charge is -2.30. The first kappa shape index (κ1) is 18.7. The maximum atomic E-state index is 12.7. The van der Waals surface area contributed by atoms with Crippen molar-refractivity contribution >= 4 is 23.2 Å². The molecule has 2 fully saturated rings. The van der Waals surface area contributed by atoms with Crippen molar-refractivity contribution in [1.29, 1.82) is 0 Å². The third-order valence-electron chi connectivity index (χ3n) is 5.47. The van der Waals surface area contributed by atoms with E-state index in [1.807, 2.05) is 25.1 Å². The zero-order valence-electron chi connectivity index (χ0n) is 15.9. The molecule has 0 aromatic heterocycles. The highest BCUT2D eigenvalue weighted by Crippen LogP contribution is 2.29. The molecular formula is C21H31N3O2. The lowest BCUT2D eigenvalue weighted by molar-refractivity contribution is -0.119. The van der Waals surface area contributed by atoms with Gasteiger partial charge in [-0.3, -0.25) is 9.59 Å². The van der Waals surface area contributed by atoms with E-state index in [9.17, 15) is 9.59 Å². The van der Waals surface area contributed by atoms with Crippen LogP contribution in [0.1, 0.15) is 68.6 Å². The molecule has 3 rings (SSSR count). The Kier molecular flexibility index (Phi) is 6.53. The van der Waals surface area contributed by atoms with Gasteiger partial charge < -0.3 is 15.5 Å². The van der Waals surface area contributed by atoms with Crippen LogP contribution in [0.15, 0.2) is 18.2 Å². The van der Waals surface area contributed by atoms with Gasteiger partial charge in [-0.15, -0.1) is 0 Å². The molecule has 2 N–H and O–H groups in total. The van der Waals surface area contributed by atoms with Crippen LogP contribution in [0.3, 0.4) is 0 Å². The predicted octanol–water partition coefficient (Wildman–Crippen LogP) is 3.95. The quantitative estimate of drug-likeness (QED) is 0.810. The summed E-state index contributed by atoms with van der Waals surface area (Å²) in [5.41, 5.74) is 2.38. The highest BCUT2D eigenvalue weighted by atomic mass is 16.2. The molecule has 0 atom stereocenters. The first-order valence-electron chi connectivity index (χ1n) is 10.2. The largest absolute Gasteiger partial charge is 0.371 e. The van der Waals surface area contributed by atoms with Crippen molar-refractivity contribution in [2.24, 2.45) is 5.92 Å². The number of hydrogen-bond donors (Lipinski definition) is 2. The van der Waals surface area contributed by atoms with Crippen molar-refractivity contribution in [2.45, 2.75) is 58.3 Å². The fourth-order valence-corrected chi connectivity index (χ4v) is 3.97. The lowest BCUT2D eigenvalue weighted by atomic mass is 10.0. The molecule has 0 radical (unpaired) electrons. The Morgan fingerprint density at radius 1 is 1.08 bits per heavy atom. The lowest BCUT2D eigenvalue weighted by Crippen LogP contribution is -2.33. The van der Waals surface area contributed by atoms with Gasteiger partial charge in [0.25, 0.3) is 5.91 Å². The number of nitrogens with one attached hydrogen (secondary N) is 2. The van der Waals surface area contributed by atoms with Crippen molar-refractivity contribution in [2.75, 3.05) is 29.9 Å². The molecule has 5 nitrogen and oxygen atoms in total. The van der Waals surface area contributed by atoms with Crippen molar-refractivity contribution in [1.82, 2.24) is 5.32 Å². The summed E-state index contributed by atoms with van der Waals surface area (Å²) in [6, 6.07) is 5.78. The molecule has 1 aliphatic heterocycles. The summed E-state index contributed by atoms with van der Waals surface area (Å²) < 4.78 is 0. The van der Waals surface area contributed by atoms with Crippen LogP contribution in [0.2, 0.25) is 0 Å². The average Bonchev–Trinajstić information content (AvgIpc) is 3.21. The molecule has 1 aromatic rings. The molecule has 2 aliphatic rings. The van der Waals surface area contributed by atoms with Gasteiger partial charge in [-0.2, -0.15) is 0 Å². The summed E-state index contributed by atoms with van der Waals surface area (Å²) in [5.74, 6) is 0.159. The molecular weight excluding hydrogens is 326 g/mol. The van der Waals surface area contributed by atoms with E-state index in [0.29, 0.717) is 12.1 Å². The monoisotopic (exact) mass is 357 g/mol. The Morgan fingerprint density at radius 3 is 2.50 bits per heavy atom. The number of carbonyl (C=O) groups is 2. The van der Waals surface area contributed by atoms with E-state index in [1.165, 1.54) is 6.42 Å². The van der Waals surface area contributed by atoms with Crippen molar-refractivity contribution in [3.8, 4) is 0 Å². The van der Waals surface area contributed by atoms with Crippen molar-refractivity contribution < 1.29 is 9.59 Å². The Balaban J connectivity index is 1.80. The zero-order chi connectivity index (χ0) is 18.4. The summed E-state index contributed by atoms with van der Waals surface area (Å²) in [4.78, 5) is 27.4. The maximum Gasteiger partial charge on any atom is 0.253 e. The summed E-state index contributed by atoms with van der Waals surface area (Å²) in [6.07, 6.45) is 8.70. The van der Waals surface area contributed by atoms with Gasteiger partial charge in [0.2, 0.25) is 5.91 Å². The van der Waals surface area contributed by atoms with Gasteiger partial charge in [0.15, 0.2) is 0 Å². The highest BCUT2D eigenvalue weighted by molar-refractivity contribution is 6.02. The van der Waals surface area contributed by atoms with Gasteiger partial charge in [-0.25, -0.2) is 0 Å². The van der Waals surface area contributed by atoms with Crippen LogP contribution in [0.25, 0.3) is 0 Å². The molecule has 142 valence electrons. The standard InChI is InChI=1S/C21H31N3O2/c1-2-12-22-21(26)18-15-17(23-20(25)16-8-4-5-9-16)10-11-19(18)24-13-6-3-7-14-24/h10-11,15-16H,2-9,12-14H2,1H3,(H,22,26)(H,23,25). The minimum absolute atomic E-state index is 0.0515. The van der Waals surface area contributed by atoms with E-state index in [1.54, 1.807) is 0 Å². The smallest absolute Gasteiger partial charge is 0.253 e. The molecule has 0 bridgehead atoms. The minimum atomic E-state index is -0.0515. The van der Waals surface area contributed by atoms with Crippen LogP contribution in [-0.4, -0.2) is 31.4 Å². The number of carbonyl (C=O) groups excluding carboxylic acids is 2. The number of amides is 2. The third-order valence-corrected chi connectivity index (χ3v) is 5.47. The van der Waals surface area contributed by atoms with Crippen molar-refractivity contribution in [3.63, 3.8) is 0 Å². The van der Waals surface area contributed by atoms with Crippen molar-refractivity contribution in [3.05, 3.63) is 23.8 Å². The fraction of sp³-hybridized carbons (Fsp3) is 0.619. The second kappa shape index (κ2) is 9.06. The van der Waals surface area contributed by atoms with E-state index in [2.05, 4.69) is 15.5 Å². The topological polar surface area (TPSA) is 61.4 Å². The molecule has 5 heteroatoms. The summed E-state index contributed by atoms with van der Waals surface area (Å²) in [7, 11) is 0. The number of nitrogens with zero attached hydrogens (tertiary/aromatic N) is 1. The van der Waals surface area contributed by atoms with Gasteiger partial charge in [-0.05, 0) is 56.7 Å². The van der Waals surface area contributed by atoms with Crippen LogP contribution in [0, 0.1) is 5.92 Å². The van der Waals surface area contributed by atoms with E-state index in [0.717, 1.165) is 69.4 Å². The molecule has 26 heavy (non-hydrogen) atoms. The van der Waals surface area contributed by atoms with E-state index >= 15 is 0 Å². The summed E-state index contributed by atoms with van der Waals surface area (Å²) in [5, 5.41) is 6.01. The number of hydrogen-bond acceptors (Lipinski definition) is 3. The Bertz CT molecular complexity index is 632. The summed E-state index contributed by atoms with van der Waals surface area (Å²) >= 11 is 0. The van der Waals surface area contributed by atoms with Crippen LogP contribution in [-0.2, 0) is 4.79 Å². The Labute approximate surface area is 156 Å². The molecule has 0 unspecified atom stereocenters. The third kappa shape index (κ3) is 4.57. The average molecular weight is 357 g/mol. The fourth-order valence-electron chi connectivity index (χ4n) is 3.97. The number of piperidine rings is 1. The zero-order valence-corrected chi connectivity index (χ0v) is 15.9. The number of rotatable bonds is 6. The molecule has 2 amide bonds. The van der Waals surface area contributed by atoms with Crippen LogP contribution in [0.4, 0.5) is 11.4 Å². The molecule has 1 aromatic carbocycles. The van der Waals surface area contributed by atoms with Crippen LogP contribution in [0.5, 0.6) is 0 Å². The first-order valence-corrected chi connectivity index (χ1v) is 10.2. The molecule has 1 aliphatic carbocycles. The second-order valence-electron chi connectivity index (χ2n) is 7.51. The van der Waals surface area contributed by atoms with E-state index in [-0.39, 0.29) is 17.7 Å². The van der Waals surface area contributed by atoms with Crippen LogP contribution < -0.4 is 15.5 Å². The number of benzene rings is 1. The van der Waals surface area contributed by atoms with Gasteiger partial charge in [0, 0.05) is 36.9 Å². The van der Waals surface area contributed by atoms with E-state index in [4.69, 9.17) is 0 Å². The first-order chi connectivity index (χ1) is 12.7. The van der Waals surface area contributed by atoms with Gasteiger partial charge in [0.05, 0.1) is 5.56 Å². The van der Waals surface area contributed by atoms with E-state index < -0.39 is 0 Å². The highest BCUT2D eigenvalue weighted by Gasteiger charge is 2.24. The molecule has 0 spiro atoms. The molecule has 1 saturated heterocycles. The maximum absolute atomic E-state index is 12.7. The normalized spacial score (nSPS) is 18.0. The van der Waals surface area contributed by atoms with Crippen LogP contribution >= 0.6 is 0 Å². The van der Waals surface area contributed by atoms with Gasteiger partial charge in [0.1, 0.15) is 0 Å². The molecule has 1 saturated carbocycles.